The number of hydrogen-bond donors (Lipinski definition) is 1. The van der Waals surface area contributed by atoms with Crippen LogP contribution in [0.15, 0.2) is 5.38 Å². The van der Waals surface area contributed by atoms with E-state index in [0.717, 1.165) is 19.8 Å². The fraction of sp³-hybridized carbons (Fsp3) is 0.600. The van der Waals surface area contributed by atoms with E-state index in [2.05, 4.69) is 24.2 Å². The van der Waals surface area contributed by atoms with Crippen molar-refractivity contribution >= 4 is 17.3 Å². The monoisotopic (exact) mass is 215 g/mol. The highest BCUT2D eigenvalue weighted by atomic mass is 32.1. The number of hydrogen-bond acceptors (Lipinski definition) is 3. The van der Waals surface area contributed by atoms with Crippen LogP contribution in [0.25, 0.3) is 0 Å². The Morgan fingerprint density at radius 2 is 2.14 bits per heavy atom. The largest absolute Gasteiger partial charge is 0.481 e. The lowest BCUT2D eigenvalue weighted by Gasteiger charge is -1.87. The molecule has 0 aromatic carbocycles. The van der Waals surface area contributed by atoms with Gasteiger partial charge in [0.15, 0.2) is 0 Å². The summed E-state index contributed by atoms with van der Waals surface area (Å²) in [5.74, 6) is -0.833. The van der Waals surface area contributed by atoms with Crippen LogP contribution in [-0.4, -0.2) is 16.1 Å². The topological polar surface area (TPSA) is 50.2 Å². The first-order valence-corrected chi connectivity index (χ1v) is 5.60. The number of aliphatic carboxylic acids is 1. The molecule has 0 aliphatic rings. The molecule has 1 rings (SSSR count). The van der Waals surface area contributed by atoms with Crippen LogP contribution in [0.4, 0.5) is 0 Å². The molecule has 80 valence electrons. The Morgan fingerprint density at radius 1 is 1.57 bits per heavy atom. The SMILES string of the molecule is CC(=O)O.CCCc1nc(CC)cs1. The van der Waals surface area contributed by atoms with E-state index in [0.29, 0.717) is 0 Å². The third-order valence-corrected chi connectivity index (χ3v) is 2.38. The quantitative estimate of drug-likeness (QED) is 0.843. The van der Waals surface area contributed by atoms with Gasteiger partial charge in [-0.2, -0.15) is 0 Å². The molecule has 14 heavy (non-hydrogen) atoms. The van der Waals surface area contributed by atoms with E-state index in [-0.39, 0.29) is 0 Å². The Morgan fingerprint density at radius 3 is 2.50 bits per heavy atom. The first kappa shape index (κ1) is 13.1. The number of rotatable bonds is 3. The van der Waals surface area contributed by atoms with Crippen molar-refractivity contribution < 1.29 is 9.90 Å². The minimum Gasteiger partial charge on any atom is -0.481 e. The van der Waals surface area contributed by atoms with Crippen molar-refractivity contribution in [2.24, 2.45) is 0 Å². The fourth-order valence-electron chi connectivity index (χ4n) is 0.840. The van der Waals surface area contributed by atoms with Crippen LogP contribution in [0.1, 0.15) is 37.9 Å². The molecule has 4 heteroatoms. The van der Waals surface area contributed by atoms with Crippen molar-refractivity contribution in [1.29, 1.82) is 0 Å². The highest BCUT2D eigenvalue weighted by molar-refractivity contribution is 7.09. The molecule has 3 nitrogen and oxygen atoms in total. The zero-order chi connectivity index (χ0) is 11.0. The van der Waals surface area contributed by atoms with E-state index < -0.39 is 5.97 Å². The van der Waals surface area contributed by atoms with Gasteiger partial charge in [-0.15, -0.1) is 11.3 Å². The summed E-state index contributed by atoms with van der Waals surface area (Å²) in [6.45, 7) is 5.41. The lowest BCUT2D eigenvalue weighted by atomic mass is 10.3. The molecule has 0 radical (unpaired) electrons. The molecule has 0 atom stereocenters. The van der Waals surface area contributed by atoms with Crippen molar-refractivity contribution in [3.05, 3.63) is 16.1 Å². The number of carboxylic acid groups (broad SMARTS) is 1. The van der Waals surface area contributed by atoms with Gasteiger partial charge in [0.1, 0.15) is 0 Å². The van der Waals surface area contributed by atoms with Crippen LogP contribution < -0.4 is 0 Å². The number of aryl methyl sites for hydroxylation is 2. The van der Waals surface area contributed by atoms with E-state index in [4.69, 9.17) is 9.90 Å². The van der Waals surface area contributed by atoms with Crippen LogP contribution in [0.5, 0.6) is 0 Å². The van der Waals surface area contributed by atoms with E-state index in [9.17, 15) is 0 Å². The zero-order valence-electron chi connectivity index (χ0n) is 8.91. The van der Waals surface area contributed by atoms with Crippen LogP contribution in [0.2, 0.25) is 0 Å². The van der Waals surface area contributed by atoms with Crippen LogP contribution in [0, 0.1) is 0 Å². The summed E-state index contributed by atoms with van der Waals surface area (Å²) in [6, 6.07) is 0. The standard InChI is InChI=1S/C8H13NS.C2H4O2/c1-3-5-8-9-7(4-2)6-10-8;1-2(3)4/h6H,3-5H2,1-2H3;1H3,(H,3,4). The van der Waals surface area contributed by atoms with Gasteiger partial charge >= 0.3 is 0 Å². The van der Waals surface area contributed by atoms with E-state index in [1.54, 1.807) is 11.3 Å². The second-order valence-corrected chi connectivity index (χ2v) is 3.80. The number of carboxylic acids is 1. The lowest BCUT2D eigenvalue weighted by Crippen LogP contribution is -1.83. The Hall–Kier alpha value is -0.900. The van der Waals surface area contributed by atoms with Gasteiger partial charge in [0.2, 0.25) is 0 Å². The van der Waals surface area contributed by atoms with Crippen molar-refractivity contribution in [2.75, 3.05) is 0 Å². The predicted molar refractivity (Wildman–Crippen MR) is 58.8 cm³/mol. The minimum atomic E-state index is -0.833. The number of thiazole rings is 1. The van der Waals surface area contributed by atoms with Gasteiger partial charge in [-0.3, -0.25) is 4.79 Å². The maximum atomic E-state index is 9.00. The van der Waals surface area contributed by atoms with Crippen LogP contribution >= 0.6 is 11.3 Å². The summed E-state index contributed by atoms with van der Waals surface area (Å²) in [7, 11) is 0. The summed E-state index contributed by atoms with van der Waals surface area (Å²) in [5, 5.41) is 10.9. The summed E-state index contributed by atoms with van der Waals surface area (Å²) in [6.07, 6.45) is 3.42. The van der Waals surface area contributed by atoms with E-state index >= 15 is 0 Å². The van der Waals surface area contributed by atoms with Crippen molar-refractivity contribution in [3.8, 4) is 0 Å². The average molecular weight is 215 g/mol. The molecule has 0 saturated carbocycles. The first-order valence-electron chi connectivity index (χ1n) is 4.72. The predicted octanol–water partition coefficient (Wildman–Crippen LogP) is 2.75. The van der Waals surface area contributed by atoms with Gasteiger partial charge in [0.25, 0.3) is 5.97 Å². The molecule has 1 aromatic heterocycles. The summed E-state index contributed by atoms with van der Waals surface area (Å²) in [5.41, 5.74) is 1.24. The molecule has 0 spiro atoms. The molecule has 0 saturated heterocycles. The lowest BCUT2D eigenvalue weighted by molar-refractivity contribution is -0.134. The Bertz CT molecular complexity index is 267. The van der Waals surface area contributed by atoms with Crippen LogP contribution in [0.3, 0.4) is 0 Å². The van der Waals surface area contributed by atoms with Gasteiger partial charge in [0, 0.05) is 12.3 Å². The van der Waals surface area contributed by atoms with Gasteiger partial charge in [-0.1, -0.05) is 13.8 Å². The zero-order valence-corrected chi connectivity index (χ0v) is 9.73. The molecular weight excluding hydrogens is 198 g/mol. The normalized spacial score (nSPS) is 9.07. The molecule has 1 heterocycles. The van der Waals surface area contributed by atoms with E-state index in [1.165, 1.54) is 17.1 Å². The molecule has 1 aromatic rings. The molecule has 0 fully saturated rings. The molecule has 0 amide bonds. The first-order chi connectivity index (χ1) is 6.60. The maximum absolute atomic E-state index is 9.00. The second kappa shape index (κ2) is 7.50. The molecule has 0 unspecified atom stereocenters. The minimum absolute atomic E-state index is 0.833. The Balaban J connectivity index is 0.000000364. The second-order valence-electron chi connectivity index (χ2n) is 2.86. The van der Waals surface area contributed by atoms with E-state index in [1.807, 2.05) is 0 Å². The van der Waals surface area contributed by atoms with Gasteiger partial charge in [-0.05, 0) is 19.3 Å². The molecule has 0 bridgehead atoms. The van der Waals surface area contributed by atoms with Crippen LogP contribution in [-0.2, 0) is 17.6 Å². The summed E-state index contributed by atoms with van der Waals surface area (Å²) in [4.78, 5) is 13.4. The van der Waals surface area contributed by atoms with Crippen molar-refractivity contribution in [3.63, 3.8) is 0 Å². The smallest absolute Gasteiger partial charge is 0.300 e. The van der Waals surface area contributed by atoms with Crippen molar-refractivity contribution in [2.45, 2.75) is 40.0 Å². The number of carbonyl (C=O) groups is 1. The number of aromatic nitrogens is 1. The molecule has 0 aliphatic carbocycles. The molecular formula is C10H17NO2S. The maximum Gasteiger partial charge on any atom is 0.300 e. The summed E-state index contributed by atoms with van der Waals surface area (Å²) >= 11 is 1.79. The third kappa shape index (κ3) is 6.60. The Labute approximate surface area is 88.8 Å². The highest BCUT2D eigenvalue weighted by Gasteiger charge is 1.97. The molecule has 0 aliphatic heterocycles. The fourth-order valence-corrected chi connectivity index (χ4v) is 1.82. The number of nitrogens with zero attached hydrogens (tertiary/aromatic N) is 1. The van der Waals surface area contributed by atoms with Gasteiger partial charge in [-0.25, -0.2) is 4.98 Å². The average Bonchev–Trinajstić information content (AvgIpc) is 2.52. The van der Waals surface area contributed by atoms with Gasteiger partial charge < -0.3 is 5.11 Å². The summed E-state index contributed by atoms with van der Waals surface area (Å²) < 4.78 is 0. The highest BCUT2D eigenvalue weighted by Crippen LogP contribution is 2.11. The van der Waals surface area contributed by atoms with Gasteiger partial charge in [0.05, 0.1) is 10.7 Å². The molecule has 1 N–H and O–H groups in total. The Kier molecular flexibility index (Phi) is 7.02. The third-order valence-electron chi connectivity index (χ3n) is 1.43. The van der Waals surface area contributed by atoms with Crippen molar-refractivity contribution in [1.82, 2.24) is 4.98 Å².